The van der Waals surface area contributed by atoms with Crippen molar-refractivity contribution in [1.82, 2.24) is 10.7 Å². The van der Waals surface area contributed by atoms with Crippen LogP contribution in [0.5, 0.6) is 17.2 Å². The summed E-state index contributed by atoms with van der Waals surface area (Å²) in [5.74, 6) is -0.106. The molecule has 2 amide bonds. The first-order valence-corrected chi connectivity index (χ1v) is 11.8. The number of aryl methyl sites for hydroxylation is 1. The zero-order valence-corrected chi connectivity index (χ0v) is 20.9. The Morgan fingerprint density at radius 2 is 1.51 bits per heavy atom. The van der Waals surface area contributed by atoms with Crippen LogP contribution in [0.2, 0.25) is 0 Å². The summed E-state index contributed by atoms with van der Waals surface area (Å²) in [5, 5.41) is 6.46. The van der Waals surface area contributed by atoms with E-state index in [0.717, 1.165) is 5.56 Å². The second-order valence-electron chi connectivity index (χ2n) is 7.83. The SMILES string of the molecule is CCOc1ccc(C(=O)Oc2ccc(/C=N\NC(=O)CNC(=O)c3ccc(C)cc3)cc2OCC)cc1. The van der Waals surface area contributed by atoms with E-state index in [4.69, 9.17) is 14.2 Å². The predicted molar refractivity (Wildman–Crippen MR) is 139 cm³/mol. The molecule has 3 rings (SSSR count). The van der Waals surface area contributed by atoms with Crippen LogP contribution in [0.3, 0.4) is 0 Å². The molecule has 0 saturated carbocycles. The number of hydrogen-bond donors (Lipinski definition) is 2. The quantitative estimate of drug-likeness (QED) is 0.178. The van der Waals surface area contributed by atoms with E-state index in [0.29, 0.717) is 41.4 Å². The maximum atomic E-state index is 12.6. The zero-order valence-electron chi connectivity index (χ0n) is 20.9. The summed E-state index contributed by atoms with van der Waals surface area (Å²) >= 11 is 0. The summed E-state index contributed by atoms with van der Waals surface area (Å²) in [6.07, 6.45) is 1.42. The molecule has 0 heterocycles. The number of hydrogen-bond acceptors (Lipinski definition) is 7. The van der Waals surface area contributed by atoms with Crippen molar-refractivity contribution >= 4 is 24.0 Å². The van der Waals surface area contributed by atoms with Gasteiger partial charge in [0.25, 0.3) is 11.8 Å². The average molecular weight is 504 g/mol. The topological polar surface area (TPSA) is 115 Å². The monoisotopic (exact) mass is 503 g/mol. The lowest BCUT2D eigenvalue weighted by molar-refractivity contribution is -0.120. The Morgan fingerprint density at radius 3 is 2.19 bits per heavy atom. The lowest BCUT2D eigenvalue weighted by Crippen LogP contribution is -2.34. The van der Waals surface area contributed by atoms with E-state index in [1.165, 1.54) is 6.21 Å². The van der Waals surface area contributed by atoms with E-state index in [-0.39, 0.29) is 18.2 Å². The number of carbonyl (C=O) groups excluding carboxylic acids is 3. The van der Waals surface area contributed by atoms with Crippen LogP contribution in [0.25, 0.3) is 0 Å². The van der Waals surface area contributed by atoms with Crippen molar-refractivity contribution < 1.29 is 28.6 Å². The van der Waals surface area contributed by atoms with Gasteiger partial charge in [-0.3, -0.25) is 9.59 Å². The maximum absolute atomic E-state index is 12.6. The lowest BCUT2D eigenvalue weighted by atomic mass is 10.1. The molecular formula is C28H29N3O6. The summed E-state index contributed by atoms with van der Waals surface area (Å²) < 4.78 is 16.5. The first kappa shape index (κ1) is 26.9. The minimum Gasteiger partial charge on any atom is -0.494 e. The van der Waals surface area contributed by atoms with E-state index < -0.39 is 11.9 Å². The fourth-order valence-electron chi connectivity index (χ4n) is 3.16. The summed E-state index contributed by atoms with van der Waals surface area (Å²) in [5.41, 5.74) is 4.84. The van der Waals surface area contributed by atoms with Gasteiger partial charge in [-0.25, -0.2) is 10.2 Å². The molecule has 0 bridgehead atoms. The third kappa shape index (κ3) is 8.21. The van der Waals surface area contributed by atoms with Gasteiger partial charge in [0.2, 0.25) is 0 Å². The lowest BCUT2D eigenvalue weighted by Gasteiger charge is -2.11. The molecule has 9 heteroatoms. The van der Waals surface area contributed by atoms with Crippen LogP contribution >= 0.6 is 0 Å². The number of nitrogens with zero attached hydrogens (tertiary/aromatic N) is 1. The predicted octanol–water partition coefficient (Wildman–Crippen LogP) is 3.89. The molecule has 3 aromatic carbocycles. The molecule has 2 N–H and O–H groups in total. The van der Waals surface area contributed by atoms with Crippen molar-refractivity contribution in [2.75, 3.05) is 19.8 Å². The van der Waals surface area contributed by atoms with Crippen LogP contribution in [0.4, 0.5) is 0 Å². The molecule has 0 aliphatic rings. The zero-order chi connectivity index (χ0) is 26.6. The molecular weight excluding hydrogens is 474 g/mol. The van der Waals surface area contributed by atoms with Crippen LogP contribution in [-0.4, -0.2) is 43.8 Å². The Balaban J connectivity index is 1.56. The molecule has 0 fully saturated rings. The largest absolute Gasteiger partial charge is 0.494 e. The molecule has 0 radical (unpaired) electrons. The highest BCUT2D eigenvalue weighted by Crippen LogP contribution is 2.29. The van der Waals surface area contributed by atoms with Gasteiger partial charge < -0.3 is 19.5 Å². The van der Waals surface area contributed by atoms with E-state index in [1.54, 1.807) is 54.6 Å². The molecule has 37 heavy (non-hydrogen) atoms. The molecule has 0 saturated heterocycles. The van der Waals surface area contributed by atoms with Crippen LogP contribution in [0.15, 0.2) is 71.8 Å². The van der Waals surface area contributed by atoms with Crippen molar-refractivity contribution in [2.45, 2.75) is 20.8 Å². The number of nitrogens with one attached hydrogen (secondary N) is 2. The Hall–Kier alpha value is -4.66. The van der Waals surface area contributed by atoms with Gasteiger partial charge in [-0.15, -0.1) is 0 Å². The van der Waals surface area contributed by atoms with Gasteiger partial charge in [-0.1, -0.05) is 17.7 Å². The molecule has 0 spiro atoms. The maximum Gasteiger partial charge on any atom is 0.343 e. The second kappa shape index (κ2) is 13.4. The second-order valence-corrected chi connectivity index (χ2v) is 7.83. The number of amides is 2. The summed E-state index contributed by atoms with van der Waals surface area (Å²) in [4.78, 5) is 36.7. The highest BCUT2D eigenvalue weighted by atomic mass is 16.6. The molecule has 3 aromatic rings. The van der Waals surface area contributed by atoms with E-state index in [2.05, 4.69) is 15.8 Å². The minimum atomic E-state index is -0.537. The number of hydrazone groups is 1. The Kier molecular flexibility index (Phi) is 9.78. The van der Waals surface area contributed by atoms with E-state index in [1.807, 2.05) is 32.9 Å². The molecule has 9 nitrogen and oxygen atoms in total. The van der Waals surface area contributed by atoms with Crippen molar-refractivity contribution in [3.8, 4) is 17.2 Å². The first-order chi connectivity index (χ1) is 17.9. The van der Waals surface area contributed by atoms with Crippen LogP contribution < -0.4 is 25.0 Å². The van der Waals surface area contributed by atoms with Crippen molar-refractivity contribution in [1.29, 1.82) is 0 Å². The first-order valence-electron chi connectivity index (χ1n) is 11.8. The van der Waals surface area contributed by atoms with Gasteiger partial charge in [0, 0.05) is 5.56 Å². The third-order valence-corrected chi connectivity index (χ3v) is 5.00. The van der Waals surface area contributed by atoms with Gasteiger partial charge in [0.15, 0.2) is 11.5 Å². The number of benzene rings is 3. The average Bonchev–Trinajstić information content (AvgIpc) is 2.90. The molecule has 0 aliphatic heterocycles. The fourth-order valence-corrected chi connectivity index (χ4v) is 3.16. The highest BCUT2D eigenvalue weighted by Gasteiger charge is 2.14. The minimum absolute atomic E-state index is 0.227. The molecule has 0 aromatic heterocycles. The van der Waals surface area contributed by atoms with Crippen molar-refractivity contribution in [3.63, 3.8) is 0 Å². The number of carbonyl (C=O) groups is 3. The molecule has 0 unspecified atom stereocenters. The molecule has 0 atom stereocenters. The van der Waals surface area contributed by atoms with Crippen molar-refractivity contribution in [3.05, 3.63) is 89.0 Å². The normalized spacial score (nSPS) is 10.6. The Bertz CT molecular complexity index is 1250. The highest BCUT2D eigenvalue weighted by molar-refractivity contribution is 5.96. The van der Waals surface area contributed by atoms with Gasteiger partial charge >= 0.3 is 5.97 Å². The summed E-state index contributed by atoms with van der Waals surface area (Å²) in [6.45, 7) is 6.27. The smallest absolute Gasteiger partial charge is 0.343 e. The Morgan fingerprint density at radius 1 is 0.838 bits per heavy atom. The number of esters is 1. The number of rotatable bonds is 11. The number of ether oxygens (including phenoxy) is 3. The van der Waals surface area contributed by atoms with Crippen LogP contribution in [-0.2, 0) is 4.79 Å². The van der Waals surface area contributed by atoms with E-state index in [9.17, 15) is 14.4 Å². The molecule has 0 aliphatic carbocycles. The van der Waals surface area contributed by atoms with Crippen molar-refractivity contribution in [2.24, 2.45) is 5.10 Å². The summed E-state index contributed by atoms with van der Waals surface area (Å²) in [6, 6.07) is 18.6. The van der Waals surface area contributed by atoms with Gasteiger partial charge in [-0.2, -0.15) is 5.10 Å². The standard InChI is InChI=1S/C28H29N3O6/c1-4-35-23-13-11-22(12-14-23)28(34)37-24-15-8-20(16-25(24)36-5-2)17-30-31-26(32)18-29-27(33)21-9-6-19(3)7-10-21/h6-17H,4-5,18H2,1-3H3,(H,29,33)(H,31,32)/b30-17-. The van der Waals surface area contributed by atoms with Crippen LogP contribution in [0, 0.1) is 6.92 Å². The summed E-state index contributed by atoms with van der Waals surface area (Å²) in [7, 11) is 0. The van der Waals surface area contributed by atoms with Gasteiger partial charge in [0.1, 0.15) is 5.75 Å². The van der Waals surface area contributed by atoms with E-state index >= 15 is 0 Å². The fraction of sp³-hybridized carbons (Fsp3) is 0.214. The Labute approximate surface area is 215 Å². The van der Waals surface area contributed by atoms with Gasteiger partial charge in [0.05, 0.1) is 31.5 Å². The van der Waals surface area contributed by atoms with Gasteiger partial charge in [-0.05, 0) is 80.9 Å². The van der Waals surface area contributed by atoms with Crippen LogP contribution in [0.1, 0.15) is 45.7 Å². The third-order valence-electron chi connectivity index (χ3n) is 5.00. The molecule has 192 valence electrons.